The van der Waals surface area contributed by atoms with E-state index in [4.69, 9.17) is 28.0 Å². The quantitative estimate of drug-likeness (QED) is 0.105. The SMILES string of the molecule is CC(C)CC(NC(=O)C(N)CCC(N)=O)C(=O)NC(CC(N)=O)C(=O)NC(CC(N)=O)C(=O)O. The van der Waals surface area contributed by atoms with E-state index >= 15 is 0 Å². The predicted octanol–water partition coefficient (Wildman–Crippen LogP) is -4.08. The van der Waals surface area contributed by atoms with Crippen LogP contribution >= 0.6 is 0 Å². The molecule has 0 aromatic rings. The molecule has 0 aromatic carbocycles. The minimum Gasteiger partial charge on any atom is -0.480 e. The summed E-state index contributed by atoms with van der Waals surface area (Å²) in [4.78, 5) is 82.3. The van der Waals surface area contributed by atoms with Crippen LogP contribution in [0.1, 0.15) is 46.0 Å². The van der Waals surface area contributed by atoms with Gasteiger partial charge in [0, 0.05) is 6.42 Å². The number of rotatable bonds is 16. The fraction of sp³-hybridized carbons (Fsp3) is 0.632. The van der Waals surface area contributed by atoms with E-state index in [-0.39, 0.29) is 25.2 Å². The van der Waals surface area contributed by atoms with Gasteiger partial charge in [0.25, 0.3) is 0 Å². The van der Waals surface area contributed by atoms with Crippen LogP contribution in [0, 0.1) is 5.92 Å². The lowest BCUT2D eigenvalue weighted by atomic mass is 10.0. The summed E-state index contributed by atoms with van der Waals surface area (Å²) in [6.45, 7) is 3.52. The third-order valence-corrected chi connectivity index (χ3v) is 4.44. The van der Waals surface area contributed by atoms with Gasteiger partial charge in [-0.05, 0) is 18.8 Å². The number of carbonyl (C=O) groups excluding carboxylic acids is 6. The molecule has 4 atom stereocenters. The first-order valence-corrected chi connectivity index (χ1v) is 10.4. The second kappa shape index (κ2) is 14.4. The molecule has 12 N–H and O–H groups in total. The molecule has 34 heavy (non-hydrogen) atoms. The highest BCUT2D eigenvalue weighted by Gasteiger charge is 2.32. The maximum atomic E-state index is 12.8. The molecule has 192 valence electrons. The van der Waals surface area contributed by atoms with Crippen LogP contribution in [0.4, 0.5) is 0 Å². The summed E-state index contributed by atoms with van der Waals surface area (Å²) in [5.74, 6) is -7.03. The Balaban J connectivity index is 5.52. The largest absolute Gasteiger partial charge is 0.480 e. The van der Waals surface area contributed by atoms with E-state index in [1.54, 1.807) is 13.8 Å². The molecule has 0 aliphatic heterocycles. The van der Waals surface area contributed by atoms with E-state index in [1.165, 1.54) is 0 Å². The lowest BCUT2D eigenvalue weighted by Crippen LogP contribution is -2.58. The van der Waals surface area contributed by atoms with Crippen LogP contribution in [0.3, 0.4) is 0 Å². The first kappa shape index (κ1) is 30.2. The van der Waals surface area contributed by atoms with E-state index in [2.05, 4.69) is 10.6 Å². The van der Waals surface area contributed by atoms with Crippen molar-refractivity contribution in [3.05, 3.63) is 0 Å². The van der Waals surface area contributed by atoms with E-state index in [9.17, 15) is 33.6 Å². The fourth-order valence-electron chi connectivity index (χ4n) is 2.77. The van der Waals surface area contributed by atoms with E-state index < -0.39 is 78.4 Å². The Hall–Kier alpha value is -3.75. The van der Waals surface area contributed by atoms with Crippen molar-refractivity contribution in [2.45, 2.75) is 70.1 Å². The van der Waals surface area contributed by atoms with E-state index in [1.807, 2.05) is 5.32 Å². The number of carboxylic acids is 1. The van der Waals surface area contributed by atoms with Crippen LogP contribution in [0.2, 0.25) is 0 Å². The van der Waals surface area contributed by atoms with Crippen LogP contribution in [-0.4, -0.2) is 70.7 Å². The lowest BCUT2D eigenvalue weighted by molar-refractivity contribution is -0.144. The predicted molar refractivity (Wildman–Crippen MR) is 117 cm³/mol. The zero-order chi connectivity index (χ0) is 26.6. The molecule has 0 rings (SSSR count). The standard InChI is InChI=1S/C19H33N7O8/c1-8(2)5-10(24-16(30)9(20)3-4-13(21)27)17(31)25-11(6-14(22)28)18(32)26-12(19(33)34)7-15(23)29/h8-12H,3-7,20H2,1-2H3,(H2,21,27)(H2,22,28)(H2,23,29)(H,24,30)(H,25,31)(H,26,32)(H,33,34). The molecular weight excluding hydrogens is 454 g/mol. The maximum Gasteiger partial charge on any atom is 0.326 e. The minimum absolute atomic E-state index is 0.0552. The summed E-state index contributed by atoms with van der Waals surface area (Å²) < 4.78 is 0. The van der Waals surface area contributed by atoms with Gasteiger partial charge < -0.3 is 44.0 Å². The van der Waals surface area contributed by atoms with Gasteiger partial charge in [-0.2, -0.15) is 0 Å². The first-order valence-electron chi connectivity index (χ1n) is 10.4. The van der Waals surface area contributed by atoms with Crippen LogP contribution in [0.15, 0.2) is 0 Å². The van der Waals surface area contributed by atoms with Gasteiger partial charge in [0.05, 0.1) is 18.9 Å². The zero-order valence-corrected chi connectivity index (χ0v) is 19.0. The molecule has 0 aromatic heterocycles. The van der Waals surface area contributed by atoms with Crippen molar-refractivity contribution in [3.8, 4) is 0 Å². The number of amides is 6. The smallest absolute Gasteiger partial charge is 0.326 e. The monoisotopic (exact) mass is 487 g/mol. The van der Waals surface area contributed by atoms with Crippen molar-refractivity contribution in [2.24, 2.45) is 28.9 Å². The Morgan fingerprint density at radius 1 is 0.706 bits per heavy atom. The van der Waals surface area contributed by atoms with Crippen LogP contribution in [0.25, 0.3) is 0 Å². The molecular formula is C19H33N7O8. The van der Waals surface area contributed by atoms with Gasteiger partial charge in [-0.25, -0.2) is 4.79 Å². The van der Waals surface area contributed by atoms with E-state index in [0.29, 0.717) is 0 Å². The van der Waals surface area contributed by atoms with Gasteiger partial charge >= 0.3 is 5.97 Å². The van der Waals surface area contributed by atoms with Crippen molar-refractivity contribution in [1.29, 1.82) is 0 Å². The summed E-state index contributed by atoms with van der Waals surface area (Å²) in [6.07, 6.45) is -1.51. The van der Waals surface area contributed by atoms with Crippen molar-refractivity contribution < 1.29 is 38.7 Å². The number of hydrogen-bond acceptors (Lipinski definition) is 8. The number of primary amides is 3. The van der Waals surface area contributed by atoms with Gasteiger partial charge in [-0.3, -0.25) is 28.8 Å². The van der Waals surface area contributed by atoms with Gasteiger partial charge in [0.15, 0.2) is 0 Å². The second-order valence-corrected chi connectivity index (χ2v) is 8.10. The third kappa shape index (κ3) is 12.3. The molecule has 15 heteroatoms. The molecule has 0 saturated heterocycles. The molecule has 0 fully saturated rings. The van der Waals surface area contributed by atoms with Crippen LogP contribution < -0.4 is 38.9 Å². The number of carboxylic acid groups (broad SMARTS) is 1. The summed E-state index contributed by atoms with van der Waals surface area (Å²) in [6, 6.07) is -5.62. The summed E-state index contributed by atoms with van der Waals surface area (Å²) in [5, 5.41) is 15.8. The average molecular weight is 488 g/mol. The Labute approximate surface area is 195 Å². The molecule has 6 amide bonds. The van der Waals surface area contributed by atoms with Crippen molar-refractivity contribution >= 4 is 41.4 Å². The molecule has 4 unspecified atom stereocenters. The van der Waals surface area contributed by atoms with Gasteiger partial charge in [-0.15, -0.1) is 0 Å². The van der Waals surface area contributed by atoms with Gasteiger partial charge in [0.1, 0.15) is 18.1 Å². The molecule has 0 aliphatic carbocycles. The lowest BCUT2D eigenvalue weighted by Gasteiger charge is -2.25. The fourth-order valence-corrected chi connectivity index (χ4v) is 2.77. The van der Waals surface area contributed by atoms with Crippen LogP contribution in [0.5, 0.6) is 0 Å². The Morgan fingerprint density at radius 3 is 1.59 bits per heavy atom. The van der Waals surface area contributed by atoms with Crippen molar-refractivity contribution in [3.63, 3.8) is 0 Å². The molecule has 0 aliphatic rings. The molecule has 15 nitrogen and oxygen atoms in total. The molecule has 0 saturated carbocycles. The molecule has 0 bridgehead atoms. The Morgan fingerprint density at radius 2 is 1.15 bits per heavy atom. The summed E-state index contributed by atoms with van der Waals surface area (Å²) >= 11 is 0. The van der Waals surface area contributed by atoms with Crippen LogP contribution in [-0.2, 0) is 33.6 Å². The van der Waals surface area contributed by atoms with Gasteiger partial charge in [0.2, 0.25) is 35.4 Å². The summed E-state index contributed by atoms with van der Waals surface area (Å²) in [7, 11) is 0. The summed E-state index contributed by atoms with van der Waals surface area (Å²) in [5.41, 5.74) is 20.8. The number of nitrogens with two attached hydrogens (primary N) is 4. The van der Waals surface area contributed by atoms with Gasteiger partial charge in [-0.1, -0.05) is 13.8 Å². The Bertz CT molecular complexity index is 802. The maximum absolute atomic E-state index is 12.8. The van der Waals surface area contributed by atoms with E-state index in [0.717, 1.165) is 0 Å². The Kier molecular flexibility index (Phi) is 12.8. The third-order valence-electron chi connectivity index (χ3n) is 4.44. The number of nitrogens with one attached hydrogen (secondary N) is 3. The number of carbonyl (C=O) groups is 7. The second-order valence-electron chi connectivity index (χ2n) is 8.10. The first-order chi connectivity index (χ1) is 15.6. The normalized spacial score (nSPS) is 14.2. The number of aliphatic carboxylic acids is 1. The number of hydrogen-bond donors (Lipinski definition) is 8. The highest BCUT2D eigenvalue weighted by atomic mass is 16.4. The molecule has 0 radical (unpaired) electrons. The molecule has 0 heterocycles. The molecule has 0 spiro atoms. The zero-order valence-electron chi connectivity index (χ0n) is 19.0. The van der Waals surface area contributed by atoms with Crippen molar-refractivity contribution in [2.75, 3.05) is 0 Å². The highest BCUT2D eigenvalue weighted by molar-refractivity contribution is 5.96. The van der Waals surface area contributed by atoms with Crippen molar-refractivity contribution in [1.82, 2.24) is 16.0 Å². The highest BCUT2D eigenvalue weighted by Crippen LogP contribution is 2.07. The average Bonchev–Trinajstić information content (AvgIpc) is 2.68. The topological polar surface area (TPSA) is 280 Å². The minimum atomic E-state index is -1.70.